The normalized spacial score (nSPS) is 12.1. The topological polar surface area (TPSA) is 113 Å². The zero-order valence-electron chi connectivity index (χ0n) is 16.1. The SMILES string of the molecule is Cc1ccc(-c2noc(C(C)OC(=O)Cn3nnc4ccccc4c3=O)n2)cc1F. The molecule has 0 saturated heterocycles. The number of carbonyl (C=O) groups is 1. The van der Waals surface area contributed by atoms with Gasteiger partial charge in [-0.3, -0.25) is 9.59 Å². The second kappa shape index (κ2) is 7.82. The molecule has 0 radical (unpaired) electrons. The minimum Gasteiger partial charge on any atom is -0.451 e. The predicted octanol–water partition coefficient (Wildman–Crippen LogP) is 2.59. The van der Waals surface area contributed by atoms with E-state index < -0.39 is 24.2 Å². The third-order valence-electron chi connectivity index (χ3n) is 4.44. The van der Waals surface area contributed by atoms with E-state index >= 15 is 0 Å². The molecule has 1 atom stereocenters. The predicted molar refractivity (Wildman–Crippen MR) is 103 cm³/mol. The van der Waals surface area contributed by atoms with Gasteiger partial charge in [0.2, 0.25) is 5.82 Å². The van der Waals surface area contributed by atoms with Crippen molar-refractivity contribution in [2.75, 3.05) is 0 Å². The van der Waals surface area contributed by atoms with E-state index in [-0.39, 0.29) is 17.5 Å². The summed E-state index contributed by atoms with van der Waals surface area (Å²) in [5, 5.41) is 11.8. The molecule has 4 rings (SSSR count). The Morgan fingerprint density at radius 1 is 1.27 bits per heavy atom. The van der Waals surface area contributed by atoms with E-state index in [1.807, 2.05) is 0 Å². The van der Waals surface area contributed by atoms with Crippen LogP contribution in [0.15, 0.2) is 51.8 Å². The first-order valence-electron chi connectivity index (χ1n) is 9.04. The largest absolute Gasteiger partial charge is 0.451 e. The molecule has 0 spiro atoms. The van der Waals surface area contributed by atoms with Crippen LogP contribution in [0.1, 0.15) is 24.5 Å². The number of hydrogen-bond donors (Lipinski definition) is 0. The van der Waals surface area contributed by atoms with E-state index in [2.05, 4.69) is 20.5 Å². The number of aryl methyl sites for hydroxylation is 1. The van der Waals surface area contributed by atoms with Crippen LogP contribution in [0.4, 0.5) is 4.39 Å². The summed E-state index contributed by atoms with van der Waals surface area (Å²) in [5.41, 5.74) is 0.916. The highest BCUT2D eigenvalue weighted by molar-refractivity contribution is 5.77. The summed E-state index contributed by atoms with van der Waals surface area (Å²) in [6, 6.07) is 11.3. The van der Waals surface area contributed by atoms with E-state index in [1.54, 1.807) is 50.2 Å². The zero-order valence-corrected chi connectivity index (χ0v) is 16.1. The van der Waals surface area contributed by atoms with Crippen LogP contribution in [0, 0.1) is 12.7 Å². The number of esters is 1. The summed E-state index contributed by atoms with van der Waals surface area (Å²) >= 11 is 0. The Morgan fingerprint density at radius 3 is 2.87 bits per heavy atom. The minimum absolute atomic E-state index is 0.0382. The number of hydrogen-bond acceptors (Lipinski definition) is 8. The number of rotatable bonds is 5. The van der Waals surface area contributed by atoms with Gasteiger partial charge in [0.1, 0.15) is 17.9 Å². The number of halogens is 1. The second-order valence-electron chi connectivity index (χ2n) is 6.62. The highest BCUT2D eigenvalue weighted by atomic mass is 19.1. The fourth-order valence-electron chi connectivity index (χ4n) is 2.78. The van der Waals surface area contributed by atoms with Crippen molar-refractivity contribution in [3.63, 3.8) is 0 Å². The first-order chi connectivity index (χ1) is 14.4. The molecule has 9 nitrogen and oxygen atoms in total. The number of fused-ring (bicyclic) bond motifs is 1. The Kier molecular flexibility index (Phi) is 5.05. The maximum absolute atomic E-state index is 13.7. The van der Waals surface area contributed by atoms with E-state index in [0.717, 1.165) is 4.68 Å². The fraction of sp³-hybridized carbons (Fsp3) is 0.200. The van der Waals surface area contributed by atoms with Gasteiger partial charge in [0.25, 0.3) is 11.4 Å². The Labute approximate surface area is 169 Å². The van der Waals surface area contributed by atoms with Gasteiger partial charge in [-0.15, -0.1) is 5.10 Å². The number of carbonyl (C=O) groups excluding carboxylic acids is 1. The van der Waals surface area contributed by atoms with Gasteiger partial charge in [-0.1, -0.05) is 34.6 Å². The Morgan fingerprint density at radius 2 is 2.07 bits per heavy atom. The van der Waals surface area contributed by atoms with E-state index in [4.69, 9.17) is 9.26 Å². The molecule has 10 heteroatoms. The summed E-state index contributed by atoms with van der Waals surface area (Å²) in [6.07, 6.45) is -0.877. The Bertz CT molecular complexity index is 1300. The van der Waals surface area contributed by atoms with Crippen molar-refractivity contribution in [2.24, 2.45) is 0 Å². The quantitative estimate of drug-likeness (QED) is 0.462. The maximum atomic E-state index is 13.7. The molecule has 2 aromatic heterocycles. The summed E-state index contributed by atoms with van der Waals surface area (Å²) in [6.45, 7) is 2.76. The number of benzene rings is 2. The molecule has 0 aliphatic heterocycles. The highest BCUT2D eigenvalue weighted by Gasteiger charge is 2.20. The molecule has 30 heavy (non-hydrogen) atoms. The van der Waals surface area contributed by atoms with Crippen molar-refractivity contribution in [1.29, 1.82) is 0 Å². The molecule has 0 fully saturated rings. The third kappa shape index (κ3) is 3.79. The van der Waals surface area contributed by atoms with E-state index in [9.17, 15) is 14.0 Å². The molecule has 0 bridgehead atoms. The summed E-state index contributed by atoms with van der Waals surface area (Å²) in [4.78, 5) is 28.8. The van der Waals surface area contributed by atoms with Gasteiger partial charge in [0.15, 0.2) is 6.10 Å². The van der Waals surface area contributed by atoms with Gasteiger partial charge in [-0.25, -0.2) is 4.39 Å². The second-order valence-corrected chi connectivity index (χ2v) is 6.62. The van der Waals surface area contributed by atoms with Crippen molar-refractivity contribution in [3.8, 4) is 11.4 Å². The highest BCUT2D eigenvalue weighted by Crippen LogP contribution is 2.22. The molecule has 0 saturated carbocycles. The fourth-order valence-corrected chi connectivity index (χ4v) is 2.78. The van der Waals surface area contributed by atoms with Crippen molar-refractivity contribution < 1.29 is 18.4 Å². The van der Waals surface area contributed by atoms with Crippen LogP contribution in [0.2, 0.25) is 0 Å². The summed E-state index contributed by atoms with van der Waals surface area (Å²) in [5.74, 6) is -0.907. The minimum atomic E-state index is -0.877. The molecular formula is C20H16FN5O4. The van der Waals surface area contributed by atoms with Crippen LogP contribution < -0.4 is 5.56 Å². The molecule has 0 aliphatic rings. The first kappa shape index (κ1) is 19.4. The van der Waals surface area contributed by atoms with Gasteiger partial charge in [-0.05, 0) is 37.6 Å². The molecule has 2 aromatic carbocycles. The number of aromatic nitrogens is 5. The molecule has 0 N–H and O–H groups in total. The van der Waals surface area contributed by atoms with Crippen LogP contribution in [0.25, 0.3) is 22.3 Å². The zero-order chi connectivity index (χ0) is 21.3. The maximum Gasteiger partial charge on any atom is 0.328 e. The van der Waals surface area contributed by atoms with Crippen LogP contribution >= 0.6 is 0 Å². The molecule has 0 aliphatic carbocycles. The monoisotopic (exact) mass is 409 g/mol. The van der Waals surface area contributed by atoms with Crippen LogP contribution in [0.5, 0.6) is 0 Å². The Hall–Kier alpha value is -3.95. The van der Waals surface area contributed by atoms with Gasteiger partial charge >= 0.3 is 5.97 Å². The molecule has 2 heterocycles. The summed E-state index contributed by atoms with van der Waals surface area (Å²) in [7, 11) is 0. The van der Waals surface area contributed by atoms with E-state index in [1.165, 1.54) is 6.07 Å². The van der Waals surface area contributed by atoms with Gasteiger partial charge in [0, 0.05) is 5.56 Å². The smallest absolute Gasteiger partial charge is 0.328 e. The van der Waals surface area contributed by atoms with Crippen LogP contribution in [-0.2, 0) is 16.1 Å². The lowest BCUT2D eigenvalue weighted by Crippen LogP contribution is -2.29. The van der Waals surface area contributed by atoms with Gasteiger partial charge in [-0.2, -0.15) is 9.67 Å². The van der Waals surface area contributed by atoms with Crippen molar-refractivity contribution in [3.05, 3.63) is 70.1 Å². The Balaban J connectivity index is 1.46. The third-order valence-corrected chi connectivity index (χ3v) is 4.44. The lowest BCUT2D eigenvalue weighted by Gasteiger charge is -2.09. The lowest BCUT2D eigenvalue weighted by atomic mass is 10.1. The van der Waals surface area contributed by atoms with E-state index in [0.29, 0.717) is 22.0 Å². The lowest BCUT2D eigenvalue weighted by molar-refractivity contribution is -0.150. The average molecular weight is 409 g/mol. The molecular weight excluding hydrogens is 393 g/mol. The molecule has 0 amide bonds. The number of nitrogens with zero attached hydrogens (tertiary/aromatic N) is 5. The van der Waals surface area contributed by atoms with Gasteiger partial charge < -0.3 is 9.26 Å². The standard InChI is InChI=1S/C20H16FN5O4/c1-11-7-8-13(9-15(11)21)18-22-19(30-24-18)12(2)29-17(27)10-26-20(28)14-5-3-4-6-16(14)23-25-26/h3-9,12H,10H2,1-2H3. The average Bonchev–Trinajstić information content (AvgIpc) is 3.23. The van der Waals surface area contributed by atoms with Crippen molar-refractivity contribution in [2.45, 2.75) is 26.5 Å². The summed E-state index contributed by atoms with van der Waals surface area (Å²) < 4.78 is 25.1. The van der Waals surface area contributed by atoms with Crippen molar-refractivity contribution >= 4 is 16.9 Å². The molecule has 1 unspecified atom stereocenters. The number of ether oxygens (including phenoxy) is 1. The van der Waals surface area contributed by atoms with Crippen LogP contribution in [-0.4, -0.2) is 31.1 Å². The van der Waals surface area contributed by atoms with Crippen molar-refractivity contribution in [1.82, 2.24) is 25.1 Å². The van der Waals surface area contributed by atoms with Gasteiger partial charge in [0.05, 0.1) is 5.39 Å². The first-order valence-corrected chi connectivity index (χ1v) is 9.04. The molecule has 4 aromatic rings. The molecule has 152 valence electrons. The van der Waals surface area contributed by atoms with Crippen LogP contribution in [0.3, 0.4) is 0 Å².